The van der Waals surface area contributed by atoms with Crippen LogP contribution in [0.4, 0.5) is 0 Å². The summed E-state index contributed by atoms with van der Waals surface area (Å²) in [5.74, 6) is -1.74. The molecule has 5 nitrogen and oxygen atoms in total. The fraction of sp³-hybridized carbons (Fsp3) is 0.120. The zero-order valence-electron chi connectivity index (χ0n) is 18.5. The number of hydrogen-bond donors (Lipinski definition) is 0. The Morgan fingerprint density at radius 1 is 0.909 bits per heavy atom. The molecule has 3 aromatic carbocycles. The van der Waals surface area contributed by atoms with Crippen molar-refractivity contribution in [3.8, 4) is 0 Å². The van der Waals surface area contributed by atoms with Crippen LogP contribution in [-0.2, 0) is 11.2 Å². The number of nitrogens with zero attached hydrogens (tertiary/aromatic N) is 2. The predicted molar refractivity (Wildman–Crippen MR) is 127 cm³/mol. The number of aryl methyl sites for hydroxylation is 1. The first kappa shape index (κ1) is 25.3. The van der Waals surface area contributed by atoms with Crippen molar-refractivity contribution < 1.29 is 44.3 Å². The van der Waals surface area contributed by atoms with Crippen LogP contribution in [0.5, 0.6) is 0 Å². The molecule has 0 bridgehead atoms. The Morgan fingerprint density at radius 3 is 2.18 bits per heavy atom. The van der Waals surface area contributed by atoms with Crippen molar-refractivity contribution in [2.45, 2.75) is 18.2 Å². The Labute approximate surface area is 222 Å². The van der Waals surface area contributed by atoms with E-state index in [1.807, 2.05) is 49.6 Å². The second-order valence-corrected chi connectivity index (χ2v) is 8.74. The van der Waals surface area contributed by atoms with E-state index in [1.165, 1.54) is 0 Å². The molecule has 4 rings (SSSR count). The van der Waals surface area contributed by atoms with Gasteiger partial charge >= 0.3 is 29.6 Å². The van der Waals surface area contributed by atoms with E-state index in [9.17, 15) is 14.7 Å². The molecular formula is C25H19N2NaO3S2. The molecule has 0 amide bonds. The number of ketones is 1. The topological polar surface area (TPSA) is 83.0 Å². The number of benzene rings is 3. The van der Waals surface area contributed by atoms with E-state index in [1.54, 1.807) is 42.1 Å². The number of carboxylic acids is 1. The van der Waals surface area contributed by atoms with Crippen LogP contribution in [0, 0.1) is 6.92 Å². The van der Waals surface area contributed by atoms with Gasteiger partial charge in [0.25, 0.3) is 0 Å². The third-order valence-electron chi connectivity index (χ3n) is 5.18. The Kier molecular flexibility index (Phi) is 8.62. The Bertz CT molecular complexity index is 1330. The smallest absolute Gasteiger partial charge is 0.545 e. The maximum atomic E-state index is 13.6. The van der Waals surface area contributed by atoms with Crippen LogP contribution in [0.3, 0.4) is 0 Å². The molecule has 160 valence electrons. The summed E-state index contributed by atoms with van der Waals surface area (Å²) in [6.45, 7) is 1.97. The van der Waals surface area contributed by atoms with Gasteiger partial charge in [0.1, 0.15) is 11.0 Å². The monoisotopic (exact) mass is 482 g/mol. The van der Waals surface area contributed by atoms with Crippen LogP contribution >= 0.6 is 23.5 Å². The zero-order valence-corrected chi connectivity index (χ0v) is 22.1. The van der Waals surface area contributed by atoms with Gasteiger partial charge in [-0.25, -0.2) is 0 Å². The van der Waals surface area contributed by atoms with E-state index in [4.69, 9.17) is 0 Å². The molecule has 0 aliphatic carbocycles. The van der Waals surface area contributed by atoms with E-state index in [2.05, 4.69) is 8.75 Å². The summed E-state index contributed by atoms with van der Waals surface area (Å²) in [6.07, 6.45) is 2.12. The van der Waals surface area contributed by atoms with E-state index in [-0.39, 0.29) is 52.9 Å². The molecule has 8 heteroatoms. The Morgan fingerprint density at radius 2 is 1.55 bits per heavy atom. The number of Topliss-reactive ketones (excluding diaryl/α,β-unsaturated/α-hetero) is 1. The molecule has 33 heavy (non-hydrogen) atoms. The van der Waals surface area contributed by atoms with Gasteiger partial charge in [-0.15, -0.1) is 11.8 Å². The molecule has 1 aromatic heterocycles. The van der Waals surface area contributed by atoms with Crippen molar-refractivity contribution in [1.29, 1.82) is 0 Å². The molecule has 0 saturated carbocycles. The minimum absolute atomic E-state index is 0. The van der Waals surface area contributed by atoms with Crippen molar-refractivity contribution in [3.63, 3.8) is 0 Å². The second kappa shape index (κ2) is 11.2. The predicted octanol–water partition coefficient (Wildman–Crippen LogP) is 1.35. The van der Waals surface area contributed by atoms with Gasteiger partial charge in [-0.3, -0.25) is 4.79 Å². The van der Waals surface area contributed by atoms with Gasteiger partial charge in [-0.05, 0) is 60.7 Å². The number of carbonyl (C=O) groups is 2. The average Bonchev–Trinajstić information content (AvgIpc) is 3.27. The largest absolute Gasteiger partial charge is 1.00 e. The fourth-order valence-corrected chi connectivity index (χ4v) is 4.39. The summed E-state index contributed by atoms with van der Waals surface area (Å²) in [4.78, 5) is 26.9. The maximum Gasteiger partial charge on any atom is 1.00 e. The molecule has 4 aromatic rings. The molecule has 0 unspecified atom stereocenters. The Hall–Kier alpha value is -2.29. The normalized spacial score (nSPS) is 11.6. The summed E-state index contributed by atoms with van der Waals surface area (Å²) in [5, 5.41) is 12.3. The van der Waals surface area contributed by atoms with Gasteiger partial charge < -0.3 is 9.90 Å². The van der Waals surface area contributed by atoms with E-state index in [0.29, 0.717) is 22.2 Å². The van der Waals surface area contributed by atoms with Crippen LogP contribution in [0.1, 0.15) is 27.0 Å². The second-order valence-electron chi connectivity index (χ2n) is 7.33. The van der Waals surface area contributed by atoms with Crippen LogP contribution in [-0.4, -0.2) is 26.8 Å². The summed E-state index contributed by atoms with van der Waals surface area (Å²) >= 11 is 2.62. The van der Waals surface area contributed by atoms with Gasteiger partial charge in [0.2, 0.25) is 0 Å². The average molecular weight is 483 g/mol. The number of carboxylic acid groups (broad SMARTS) is 1. The summed E-state index contributed by atoms with van der Waals surface area (Å²) in [6, 6.07) is 19.8. The van der Waals surface area contributed by atoms with Crippen molar-refractivity contribution in [1.82, 2.24) is 8.75 Å². The van der Waals surface area contributed by atoms with Crippen molar-refractivity contribution in [2.24, 2.45) is 0 Å². The van der Waals surface area contributed by atoms with E-state index in [0.717, 1.165) is 27.8 Å². The van der Waals surface area contributed by atoms with E-state index >= 15 is 0 Å². The number of aliphatic carboxylic acids is 1. The number of thioether (sulfide) groups is 1. The minimum Gasteiger partial charge on any atom is -0.545 e. The quantitative estimate of drug-likeness (QED) is 0.171. The maximum absolute atomic E-state index is 13.6. The van der Waals surface area contributed by atoms with Crippen LogP contribution < -0.4 is 34.7 Å². The summed E-state index contributed by atoms with van der Waals surface area (Å²) < 4.78 is 8.37. The third-order valence-corrected chi connectivity index (χ3v) is 6.48. The zero-order chi connectivity index (χ0) is 22.7. The van der Waals surface area contributed by atoms with Gasteiger partial charge in [0.05, 0.1) is 17.7 Å². The first-order chi connectivity index (χ1) is 15.5. The molecular weight excluding hydrogens is 463 g/mol. The summed E-state index contributed by atoms with van der Waals surface area (Å²) in [5.41, 5.74) is 4.04. The van der Waals surface area contributed by atoms with E-state index < -0.39 is 5.97 Å². The van der Waals surface area contributed by atoms with Crippen molar-refractivity contribution in [2.75, 3.05) is 6.26 Å². The number of hydrogen-bond acceptors (Lipinski definition) is 7. The van der Waals surface area contributed by atoms with Crippen LogP contribution in [0.15, 0.2) is 77.2 Å². The van der Waals surface area contributed by atoms with Crippen molar-refractivity contribution >= 4 is 51.8 Å². The van der Waals surface area contributed by atoms with Gasteiger partial charge in [0, 0.05) is 28.0 Å². The van der Waals surface area contributed by atoms with Gasteiger partial charge in [-0.2, -0.15) is 8.75 Å². The van der Waals surface area contributed by atoms with Crippen LogP contribution in [0.2, 0.25) is 0 Å². The third kappa shape index (κ3) is 5.80. The standard InChI is InChI=1S/C25H20N2O3S2.Na/c1-15-3-5-16(6-4-15)13-20(24(28)17-7-10-19(31-2)11-8-17)23(25(29)30)18-9-12-21-22(14-18)27-32-26-21;/h3-12,14H,13H2,1-2H3,(H,29,30);/q;+1/p-1. The molecule has 0 fully saturated rings. The molecule has 0 saturated heterocycles. The number of allylic oxidation sites excluding steroid dienone is 1. The molecule has 0 atom stereocenters. The minimum atomic E-state index is -1.40. The first-order valence-corrected chi connectivity index (χ1v) is 11.8. The molecule has 0 aliphatic heterocycles. The number of fused-ring (bicyclic) bond motifs is 1. The van der Waals surface area contributed by atoms with Crippen LogP contribution in [0.25, 0.3) is 16.6 Å². The molecule has 0 aliphatic rings. The first-order valence-electron chi connectivity index (χ1n) is 9.87. The fourth-order valence-electron chi connectivity index (χ4n) is 3.46. The number of carbonyl (C=O) groups excluding carboxylic acids is 2. The molecule has 0 radical (unpaired) electrons. The van der Waals surface area contributed by atoms with Crippen molar-refractivity contribution in [3.05, 3.63) is 94.6 Å². The van der Waals surface area contributed by atoms with Gasteiger partial charge in [-0.1, -0.05) is 35.9 Å². The molecule has 0 N–H and O–H groups in total. The molecule has 0 spiro atoms. The number of aromatic nitrogens is 2. The SMILES string of the molecule is CSc1ccc(C(=O)C(Cc2ccc(C)cc2)=C(C(=O)[O-])c2ccc3nsnc3c2)cc1.[Na+]. The number of rotatable bonds is 7. The van der Waals surface area contributed by atoms with Gasteiger partial charge in [0.15, 0.2) is 5.78 Å². The summed E-state index contributed by atoms with van der Waals surface area (Å²) in [7, 11) is 0. The Balaban J connectivity index is 0.00000306. The molecule has 1 heterocycles.